The number of amides is 1. The highest BCUT2D eigenvalue weighted by Gasteiger charge is 2.30. The van der Waals surface area contributed by atoms with E-state index in [1.165, 1.54) is 12.1 Å². The molecule has 4 aromatic rings. The Balaban J connectivity index is 1.43. The van der Waals surface area contributed by atoms with Gasteiger partial charge in [0.25, 0.3) is 5.91 Å². The molecule has 0 spiro atoms. The van der Waals surface area contributed by atoms with Crippen LogP contribution in [0.2, 0.25) is 10.0 Å². The molecule has 1 N–H and O–H groups in total. The predicted molar refractivity (Wildman–Crippen MR) is 132 cm³/mol. The van der Waals surface area contributed by atoms with Crippen LogP contribution in [0, 0.1) is 0 Å². The molecular formula is C25H19Cl2F3N2OS. The Morgan fingerprint density at radius 2 is 1.76 bits per heavy atom. The molecule has 1 aromatic heterocycles. The second kappa shape index (κ2) is 10.3. The van der Waals surface area contributed by atoms with Gasteiger partial charge in [-0.15, -0.1) is 11.8 Å². The highest BCUT2D eigenvalue weighted by atomic mass is 35.5. The Bertz CT molecular complexity index is 1340. The van der Waals surface area contributed by atoms with E-state index in [9.17, 15) is 18.0 Å². The molecule has 4 rings (SSSR count). The smallest absolute Gasteiger partial charge is 0.350 e. The van der Waals surface area contributed by atoms with Crippen molar-refractivity contribution in [3.8, 4) is 0 Å². The Kier molecular flexibility index (Phi) is 7.45. The van der Waals surface area contributed by atoms with Crippen molar-refractivity contribution in [2.45, 2.75) is 23.4 Å². The molecule has 0 saturated heterocycles. The summed E-state index contributed by atoms with van der Waals surface area (Å²) in [7, 11) is 0. The summed E-state index contributed by atoms with van der Waals surface area (Å²) >= 11 is 13.8. The van der Waals surface area contributed by atoms with Crippen molar-refractivity contribution in [1.29, 1.82) is 0 Å². The van der Waals surface area contributed by atoms with Gasteiger partial charge >= 0.3 is 6.18 Å². The molecule has 176 valence electrons. The molecule has 34 heavy (non-hydrogen) atoms. The van der Waals surface area contributed by atoms with Crippen LogP contribution >= 0.6 is 35.0 Å². The fourth-order valence-corrected chi connectivity index (χ4v) is 4.88. The van der Waals surface area contributed by atoms with Gasteiger partial charge in [0.05, 0.1) is 15.6 Å². The van der Waals surface area contributed by atoms with Crippen molar-refractivity contribution in [3.63, 3.8) is 0 Å². The third kappa shape index (κ3) is 5.71. The minimum Gasteiger partial charge on any atom is -0.350 e. The highest BCUT2D eigenvalue weighted by Crippen LogP contribution is 2.33. The first-order chi connectivity index (χ1) is 16.2. The van der Waals surface area contributed by atoms with Crippen molar-refractivity contribution >= 4 is 51.8 Å². The summed E-state index contributed by atoms with van der Waals surface area (Å²) < 4.78 is 40.8. The number of carbonyl (C=O) groups excluding carboxylic acids is 1. The second-order valence-electron chi connectivity index (χ2n) is 7.58. The average molecular weight is 523 g/mol. The number of fused-ring (bicyclic) bond motifs is 1. The Morgan fingerprint density at radius 3 is 2.53 bits per heavy atom. The lowest BCUT2D eigenvalue weighted by Crippen LogP contribution is -2.27. The summed E-state index contributed by atoms with van der Waals surface area (Å²) in [6.45, 7) is 0.739. The topological polar surface area (TPSA) is 34.0 Å². The summed E-state index contributed by atoms with van der Waals surface area (Å²) in [4.78, 5) is 13.5. The van der Waals surface area contributed by atoms with Crippen molar-refractivity contribution < 1.29 is 18.0 Å². The van der Waals surface area contributed by atoms with Gasteiger partial charge in [0.1, 0.15) is 0 Å². The standard InChI is InChI=1S/C25H19Cl2F3N2OS/c26-20-9-8-16(12-21(20)27)15-34-23-14-32(22-7-2-1-6-19(22)23)11-10-31-24(33)17-4-3-5-18(13-17)25(28,29)30/h1-9,12-14H,10-11,15H2,(H,31,33). The lowest BCUT2D eigenvalue weighted by atomic mass is 10.1. The zero-order chi connectivity index (χ0) is 24.3. The molecule has 0 saturated carbocycles. The average Bonchev–Trinajstić information content (AvgIpc) is 3.17. The molecule has 3 nitrogen and oxygen atoms in total. The second-order valence-corrected chi connectivity index (χ2v) is 9.41. The number of nitrogens with zero attached hydrogens (tertiary/aromatic N) is 1. The number of alkyl halides is 3. The SMILES string of the molecule is O=C(NCCn1cc(SCc2ccc(Cl)c(Cl)c2)c2ccccc21)c1cccc(C(F)(F)F)c1. The normalized spacial score (nSPS) is 11.7. The van der Waals surface area contributed by atoms with Crippen LogP contribution < -0.4 is 5.32 Å². The molecule has 0 radical (unpaired) electrons. The van der Waals surface area contributed by atoms with Crippen LogP contribution in [0.3, 0.4) is 0 Å². The number of rotatable bonds is 7. The van der Waals surface area contributed by atoms with Crippen LogP contribution in [0.4, 0.5) is 13.2 Å². The lowest BCUT2D eigenvalue weighted by Gasteiger charge is -2.10. The summed E-state index contributed by atoms with van der Waals surface area (Å²) in [6, 6.07) is 17.9. The van der Waals surface area contributed by atoms with Crippen LogP contribution in [0.15, 0.2) is 77.8 Å². The van der Waals surface area contributed by atoms with Gasteiger partial charge in [-0.25, -0.2) is 0 Å². The Hall–Kier alpha value is -2.61. The number of halogens is 5. The monoisotopic (exact) mass is 522 g/mol. The van der Waals surface area contributed by atoms with E-state index in [0.29, 0.717) is 22.3 Å². The Morgan fingerprint density at radius 1 is 0.971 bits per heavy atom. The molecular weight excluding hydrogens is 504 g/mol. The maximum Gasteiger partial charge on any atom is 0.416 e. The summed E-state index contributed by atoms with van der Waals surface area (Å²) in [5, 5.41) is 4.81. The molecule has 0 unspecified atom stereocenters. The molecule has 0 aliphatic rings. The number of para-hydroxylation sites is 1. The van der Waals surface area contributed by atoms with E-state index in [4.69, 9.17) is 23.2 Å². The van der Waals surface area contributed by atoms with Gasteiger partial charge in [-0.2, -0.15) is 13.2 Å². The molecule has 0 atom stereocenters. The fraction of sp³-hybridized carbons (Fsp3) is 0.160. The predicted octanol–water partition coefficient (Wildman–Crippen LogP) is 7.69. The first-order valence-corrected chi connectivity index (χ1v) is 12.1. The highest BCUT2D eigenvalue weighted by molar-refractivity contribution is 7.98. The van der Waals surface area contributed by atoms with E-state index in [0.717, 1.165) is 33.5 Å². The van der Waals surface area contributed by atoms with Crippen LogP contribution in [0.25, 0.3) is 10.9 Å². The van der Waals surface area contributed by atoms with Crippen LogP contribution in [-0.4, -0.2) is 17.0 Å². The van der Waals surface area contributed by atoms with Crippen molar-refractivity contribution in [3.05, 3.63) is 99.7 Å². The fourth-order valence-electron chi connectivity index (χ4n) is 3.53. The van der Waals surface area contributed by atoms with Gasteiger partial charge < -0.3 is 9.88 Å². The lowest BCUT2D eigenvalue weighted by molar-refractivity contribution is -0.137. The minimum absolute atomic E-state index is 0.0231. The van der Waals surface area contributed by atoms with E-state index in [1.54, 1.807) is 17.8 Å². The van der Waals surface area contributed by atoms with Gasteiger partial charge in [-0.3, -0.25) is 4.79 Å². The van der Waals surface area contributed by atoms with Crippen molar-refractivity contribution in [1.82, 2.24) is 9.88 Å². The van der Waals surface area contributed by atoms with Crippen LogP contribution in [0.5, 0.6) is 0 Å². The van der Waals surface area contributed by atoms with Gasteiger partial charge in [0.2, 0.25) is 0 Å². The van der Waals surface area contributed by atoms with E-state index < -0.39 is 17.6 Å². The van der Waals surface area contributed by atoms with Crippen LogP contribution in [-0.2, 0) is 18.5 Å². The third-order valence-corrected chi connectivity index (χ3v) is 7.07. The number of carbonyl (C=O) groups is 1. The van der Waals surface area contributed by atoms with E-state index in [2.05, 4.69) is 5.32 Å². The molecule has 1 heterocycles. The van der Waals surface area contributed by atoms with Gasteiger partial charge in [-0.1, -0.05) is 53.5 Å². The first-order valence-electron chi connectivity index (χ1n) is 10.3. The molecule has 0 aliphatic heterocycles. The number of aromatic nitrogens is 1. The van der Waals surface area contributed by atoms with Gasteiger partial charge in [0, 0.05) is 46.4 Å². The zero-order valence-corrected chi connectivity index (χ0v) is 20.0. The maximum absolute atomic E-state index is 12.9. The Labute approximate surface area is 208 Å². The van der Waals surface area contributed by atoms with Crippen molar-refractivity contribution in [2.24, 2.45) is 0 Å². The zero-order valence-electron chi connectivity index (χ0n) is 17.7. The molecule has 9 heteroatoms. The number of hydrogen-bond donors (Lipinski definition) is 1. The minimum atomic E-state index is -4.49. The van der Waals surface area contributed by atoms with E-state index in [-0.39, 0.29) is 12.1 Å². The van der Waals surface area contributed by atoms with E-state index in [1.807, 2.05) is 47.2 Å². The summed E-state index contributed by atoms with van der Waals surface area (Å²) in [6.07, 6.45) is -2.48. The summed E-state index contributed by atoms with van der Waals surface area (Å²) in [5.74, 6) is 0.161. The largest absolute Gasteiger partial charge is 0.416 e. The van der Waals surface area contributed by atoms with Gasteiger partial charge in [-0.05, 0) is 42.0 Å². The van der Waals surface area contributed by atoms with E-state index >= 15 is 0 Å². The van der Waals surface area contributed by atoms with Gasteiger partial charge in [0.15, 0.2) is 0 Å². The molecule has 3 aromatic carbocycles. The number of nitrogens with one attached hydrogen (secondary N) is 1. The van der Waals surface area contributed by atoms with Crippen molar-refractivity contribution in [2.75, 3.05) is 6.54 Å². The number of hydrogen-bond acceptors (Lipinski definition) is 2. The molecule has 0 fully saturated rings. The quantitative estimate of drug-likeness (QED) is 0.252. The molecule has 1 amide bonds. The molecule has 0 bridgehead atoms. The van der Waals surface area contributed by atoms with Crippen LogP contribution in [0.1, 0.15) is 21.5 Å². The maximum atomic E-state index is 12.9. The summed E-state index contributed by atoms with van der Waals surface area (Å²) in [5.41, 5.74) is 1.18. The number of thioether (sulfide) groups is 1. The third-order valence-electron chi connectivity index (χ3n) is 5.22. The number of benzene rings is 3. The molecule has 0 aliphatic carbocycles. The first kappa shape index (κ1) is 24.5.